The number of fused-ring (bicyclic) bond motifs is 1. The van der Waals surface area contributed by atoms with E-state index >= 15 is 0 Å². The number of hydrogen-bond donors (Lipinski definition) is 2. The largest absolute Gasteiger partial charge is 0.399 e. The molecule has 2 aromatic heterocycles. The van der Waals surface area contributed by atoms with Crippen LogP contribution in [-0.2, 0) is 6.42 Å². The lowest BCUT2D eigenvalue weighted by Crippen LogP contribution is -1.82. The number of rotatable bonds is 3. The average Bonchev–Trinajstić information content (AvgIpc) is 2.95. The van der Waals surface area contributed by atoms with Crippen molar-refractivity contribution in [2.24, 2.45) is 0 Å². The van der Waals surface area contributed by atoms with E-state index in [1.807, 2.05) is 18.2 Å². The van der Waals surface area contributed by atoms with Crippen LogP contribution >= 0.6 is 23.1 Å². The number of imidazole rings is 1. The van der Waals surface area contributed by atoms with E-state index in [-0.39, 0.29) is 0 Å². The standard InChI is InChI=1S/C12H12N4S2/c1-2-8-6-17-12(14-8)18-11-15-9-4-3-7(13)5-10(9)16-11/h3-6H,2,13H2,1H3,(H,15,16). The zero-order valence-corrected chi connectivity index (χ0v) is 11.4. The zero-order chi connectivity index (χ0) is 12.5. The number of aromatic amines is 1. The van der Waals surface area contributed by atoms with E-state index in [2.05, 4.69) is 27.3 Å². The van der Waals surface area contributed by atoms with Gasteiger partial charge in [0, 0.05) is 11.1 Å². The molecule has 0 aliphatic rings. The van der Waals surface area contributed by atoms with Crippen LogP contribution in [0.3, 0.4) is 0 Å². The summed E-state index contributed by atoms with van der Waals surface area (Å²) in [6.45, 7) is 2.10. The second kappa shape index (κ2) is 4.62. The first-order chi connectivity index (χ1) is 8.74. The van der Waals surface area contributed by atoms with Gasteiger partial charge in [-0.15, -0.1) is 11.3 Å². The topological polar surface area (TPSA) is 67.6 Å². The van der Waals surface area contributed by atoms with Gasteiger partial charge in [0.2, 0.25) is 0 Å². The highest BCUT2D eigenvalue weighted by atomic mass is 32.2. The van der Waals surface area contributed by atoms with Crippen molar-refractivity contribution in [1.29, 1.82) is 0 Å². The summed E-state index contributed by atoms with van der Waals surface area (Å²) in [5, 5.41) is 2.94. The second-order valence-electron chi connectivity index (χ2n) is 3.88. The van der Waals surface area contributed by atoms with Gasteiger partial charge in [-0.3, -0.25) is 0 Å². The number of aromatic nitrogens is 3. The van der Waals surface area contributed by atoms with E-state index in [4.69, 9.17) is 5.73 Å². The van der Waals surface area contributed by atoms with Crippen LogP contribution < -0.4 is 5.73 Å². The van der Waals surface area contributed by atoms with Crippen LogP contribution in [0, 0.1) is 0 Å². The van der Waals surface area contributed by atoms with Gasteiger partial charge in [0.05, 0.1) is 16.7 Å². The third kappa shape index (κ3) is 2.21. The molecule has 0 radical (unpaired) electrons. The van der Waals surface area contributed by atoms with Gasteiger partial charge in [0.15, 0.2) is 9.50 Å². The van der Waals surface area contributed by atoms with E-state index in [0.29, 0.717) is 0 Å². The fourth-order valence-corrected chi connectivity index (χ4v) is 3.47. The molecule has 0 amide bonds. The molecule has 3 aromatic rings. The highest BCUT2D eigenvalue weighted by molar-refractivity contribution is 8.00. The smallest absolute Gasteiger partial charge is 0.173 e. The summed E-state index contributed by atoms with van der Waals surface area (Å²) < 4.78 is 1.01. The summed E-state index contributed by atoms with van der Waals surface area (Å²) in [5.41, 5.74) is 9.50. The van der Waals surface area contributed by atoms with Crippen molar-refractivity contribution in [2.75, 3.05) is 5.73 Å². The summed E-state index contributed by atoms with van der Waals surface area (Å²) in [6, 6.07) is 5.67. The van der Waals surface area contributed by atoms with Crippen molar-refractivity contribution in [3.8, 4) is 0 Å². The molecule has 0 bridgehead atoms. The number of aryl methyl sites for hydroxylation is 1. The number of nitrogens with one attached hydrogen (secondary N) is 1. The third-order valence-corrected chi connectivity index (χ3v) is 4.44. The first-order valence-electron chi connectivity index (χ1n) is 5.62. The number of H-pyrrole nitrogens is 1. The van der Waals surface area contributed by atoms with Crippen molar-refractivity contribution in [1.82, 2.24) is 15.0 Å². The summed E-state index contributed by atoms with van der Waals surface area (Å²) in [5.74, 6) is 0. The van der Waals surface area contributed by atoms with E-state index in [1.54, 1.807) is 23.1 Å². The van der Waals surface area contributed by atoms with E-state index in [0.717, 1.165) is 38.3 Å². The molecule has 1 aromatic carbocycles. The van der Waals surface area contributed by atoms with E-state index < -0.39 is 0 Å². The minimum Gasteiger partial charge on any atom is -0.399 e. The molecular weight excluding hydrogens is 264 g/mol. The Hall–Kier alpha value is -1.53. The van der Waals surface area contributed by atoms with Gasteiger partial charge in [-0.25, -0.2) is 9.97 Å². The highest BCUT2D eigenvalue weighted by Gasteiger charge is 2.07. The maximum Gasteiger partial charge on any atom is 0.173 e. The van der Waals surface area contributed by atoms with Crippen molar-refractivity contribution in [3.63, 3.8) is 0 Å². The molecular formula is C12H12N4S2. The van der Waals surface area contributed by atoms with Crippen molar-refractivity contribution >= 4 is 39.8 Å². The first kappa shape index (κ1) is 11.6. The minimum absolute atomic E-state index is 0.741. The highest BCUT2D eigenvalue weighted by Crippen LogP contribution is 2.30. The normalized spacial score (nSPS) is 11.2. The van der Waals surface area contributed by atoms with Crippen LogP contribution in [0.4, 0.5) is 5.69 Å². The van der Waals surface area contributed by atoms with E-state index in [9.17, 15) is 0 Å². The van der Waals surface area contributed by atoms with Gasteiger partial charge in [0.1, 0.15) is 0 Å². The van der Waals surface area contributed by atoms with Crippen LogP contribution in [0.1, 0.15) is 12.6 Å². The fourth-order valence-electron chi connectivity index (χ4n) is 1.63. The Morgan fingerprint density at radius 3 is 3.06 bits per heavy atom. The third-order valence-electron chi connectivity index (χ3n) is 2.56. The van der Waals surface area contributed by atoms with Gasteiger partial charge in [-0.05, 0) is 36.4 Å². The van der Waals surface area contributed by atoms with Crippen molar-refractivity contribution in [3.05, 3.63) is 29.3 Å². The van der Waals surface area contributed by atoms with Gasteiger partial charge < -0.3 is 10.7 Å². The maximum absolute atomic E-state index is 5.74. The Labute approximate surface area is 113 Å². The summed E-state index contributed by atoms with van der Waals surface area (Å²) in [6.07, 6.45) is 0.966. The average molecular weight is 276 g/mol. The molecule has 3 N–H and O–H groups in total. The maximum atomic E-state index is 5.74. The molecule has 0 spiro atoms. The van der Waals surface area contributed by atoms with Crippen LogP contribution in [0.15, 0.2) is 33.1 Å². The fraction of sp³-hybridized carbons (Fsp3) is 0.167. The number of hydrogen-bond acceptors (Lipinski definition) is 5. The lowest BCUT2D eigenvalue weighted by molar-refractivity contribution is 1.02. The number of nitrogens with zero attached hydrogens (tertiary/aromatic N) is 2. The Bertz CT molecular complexity index is 686. The number of anilines is 1. The van der Waals surface area contributed by atoms with Crippen LogP contribution in [0.25, 0.3) is 11.0 Å². The van der Waals surface area contributed by atoms with Gasteiger partial charge in [0.25, 0.3) is 0 Å². The number of thiazole rings is 1. The Balaban J connectivity index is 1.90. The predicted molar refractivity (Wildman–Crippen MR) is 76.1 cm³/mol. The minimum atomic E-state index is 0.741. The Kier molecular flexibility index (Phi) is 2.97. The lowest BCUT2D eigenvalue weighted by Gasteiger charge is -1.90. The summed E-state index contributed by atoms with van der Waals surface area (Å²) in [7, 11) is 0. The quantitative estimate of drug-likeness (QED) is 0.720. The van der Waals surface area contributed by atoms with Crippen molar-refractivity contribution in [2.45, 2.75) is 22.8 Å². The molecule has 0 unspecified atom stereocenters. The first-order valence-corrected chi connectivity index (χ1v) is 7.31. The zero-order valence-electron chi connectivity index (χ0n) is 9.80. The van der Waals surface area contributed by atoms with E-state index in [1.165, 1.54) is 0 Å². The Morgan fingerprint density at radius 2 is 2.28 bits per heavy atom. The molecule has 0 saturated carbocycles. The monoisotopic (exact) mass is 276 g/mol. The van der Waals surface area contributed by atoms with Crippen LogP contribution in [0.5, 0.6) is 0 Å². The molecule has 2 heterocycles. The van der Waals surface area contributed by atoms with Crippen LogP contribution in [0.2, 0.25) is 0 Å². The molecule has 0 aliphatic carbocycles. The summed E-state index contributed by atoms with van der Waals surface area (Å²) in [4.78, 5) is 12.3. The molecule has 0 atom stereocenters. The van der Waals surface area contributed by atoms with Gasteiger partial charge in [-0.1, -0.05) is 6.92 Å². The molecule has 3 rings (SSSR count). The number of nitrogens with two attached hydrogens (primary N) is 1. The summed E-state index contributed by atoms with van der Waals surface area (Å²) >= 11 is 3.20. The second-order valence-corrected chi connectivity index (χ2v) is 5.97. The SMILES string of the molecule is CCc1csc(Sc2nc3ccc(N)cc3[nH]2)n1. The van der Waals surface area contributed by atoms with Gasteiger partial charge in [-0.2, -0.15) is 0 Å². The molecule has 0 fully saturated rings. The number of benzene rings is 1. The van der Waals surface area contributed by atoms with Crippen molar-refractivity contribution < 1.29 is 0 Å². The Morgan fingerprint density at radius 1 is 1.39 bits per heavy atom. The molecule has 18 heavy (non-hydrogen) atoms. The molecule has 0 aliphatic heterocycles. The lowest BCUT2D eigenvalue weighted by atomic mass is 10.3. The molecule has 4 nitrogen and oxygen atoms in total. The molecule has 6 heteroatoms. The van der Waals surface area contributed by atoms with Crippen LogP contribution in [-0.4, -0.2) is 15.0 Å². The van der Waals surface area contributed by atoms with Gasteiger partial charge >= 0.3 is 0 Å². The molecule has 92 valence electrons. The predicted octanol–water partition coefficient (Wildman–Crippen LogP) is 3.32. The molecule has 0 saturated heterocycles. The number of nitrogen functional groups attached to an aromatic ring is 1.